The van der Waals surface area contributed by atoms with Crippen LogP contribution in [0.15, 0.2) is 97.3 Å². The van der Waals surface area contributed by atoms with Crippen molar-refractivity contribution < 1.29 is 71.3 Å². The van der Waals surface area contributed by atoms with E-state index in [9.17, 15) is 62.1 Å². The zero-order valence-electron chi connectivity index (χ0n) is 53.6. The second-order valence-electron chi connectivity index (χ2n) is 25.1. The maximum atomic E-state index is 16.2. The number of nitrogens with zero attached hydrogens (tertiary/aromatic N) is 2. The minimum absolute atomic E-state index is 0.0518. The van der Waals surface area contributed by atoms with Crippen LogP contribution in [0.25, 0.3) is 21.8 Å². The molecule has 3 aliphatic heterocycles. The topological polar surface area (TPSA) is 361 Å². The summed E-state index contributed by atoms with van der Waals surface area (Å²) in [5.41, 5.74) is 15.5. The van der Waals surface area contributed by atoms with E-state index < -0.39 is 157 Å². The van der Waals surface area contributed by atoms with Crippen molar-refractivity contribution in [3.63, 3.8) is 0 Å². The van der Waals surface area contributed by atoms with Crippen LogP contribution in [-0.2, 0) is 78.7 Å². The number of primary amides is 1. The zero-order chi connectivity index (χ0) is 69.4. The van der Waals surface area contributed by atoms with Crippen LogP contribution in [-0.4, -0.2) is 175 Å². The standard InChI is InChI=1S/C69H82F3N11O12S2/c1-38(84)63-68(94)79-55(25-39-10-14-48(85)15-11-39)69(95)82-22-5-9-56(82)60(87)28-44(64(74)90)37-97-36-41-7-4-6-40(24-41)35-96-23-20-62(89)77-53(8-2-3-21-73)59(86)18-19-61(88)78-54(26-42-32-75-51-16-12-45(70)29-49(42)51)65(91)81-67(93)57(83-34-47(72)31-58(83)66(92)80-63)27-43-33-76-52-17-13-46(71)30-50(43)52/h4,6-7,10-17,24,29-30,32-33,38,44,47,53-58,63,75-76,84-85H,2-3,5,8-9,18-23,25-28,31,34-37,73H2,1H3,(H2,74,90)(H,77,89)(H,78,88)(H,79,94)(H,80,92)(H,81,91,93)/t38-,44-,47+,53-,54-,55-,56-,57-,58-,63-/m0/s1. The van der Waals surface area contributed by atoms with Gasteiger partial charge in [-0.15, -0.1) is 0 Å². The maximum Gasteiger partial charge on any atom is 0.249 e. The predicted octanol–water partition coefficient (Wildman–Crippen LogP) is 4.51. The minimum atomic E-state index is -1.86. The fraction of sp³-hybridized carbons (Fsp3) is 0.449. The van der Waals surface area contributed by atoms with Gasteiger partial charge in [-0.1, -0.05) is 36.4 Å². The number of ketones is 2. The van der Waals surface area contributed by atoms with Crippen LogP contribution in [0.4, 0.5) is 13.2 Å². The van der Waals surface area contributed by atoms with Gasteiger partial charge in [-0.25, -0.2) is 13.2 Å². The first-order valence-electron chi connectivity index (χ1n) is 32.5. The highest BCUT2D eigenvalue weighted by Gasteiger charge is 2.46. The summed E-state index contributed by atoms with van der Waals surface area (Å²) < 4.78 is 46.0. The molecule has 2 saturated heterocycles. The highest BCUT2D eigenvalue weighted by molar-refractivity contribution is 7.98. The third-order valence-corrected chi connectivity index (χ3v) is 20.1. The van der Waals surface area contributed by atoms with E-state index in [0.717, 1.165) is 16.0 Å². The summed E-state index contributed by atoms with van der Waals surface area (Å²) in [7, 11) is 0. The molecule has 13 N–H and O–H groups in total. The monoisotopic (exact) mass is 1380 g/mol. The fourth-order valence-corrected chi connectivity index (χ4v) is 14.7. The fourth-order valence-electron chi connectivity index (χ4n) is 12.7. The first-order valence-corrected chi connectivity index (χ1v) is 34.8. The summed E-state index contributed by atoms with van der Waals surface area (Å²) in [6.07, 6.45) is -1.38. The lowest BCUT2D eigenvalue weighted by Gasteiger charge is -2.33. The molecule has 28 heteroatoms. The van der Waals surface area contributed by atoms with Gasteiger partial charge in [0.2, 0.25) is 47.3 Å². The third-order valence-electron chi connectivity index (χ3n) is 17.9. The lowest BCUT2D eigenvalue weighted by atomic mass is 9.97. The molecule has 2 fully saturated rings. The maximum absolute atomic E-state index is 16.2. The Hall–Kier alpha value is -8.57. The molecule has 0 spiro atoms. The number of H-pyrrole nitrogens is 2. The summed E-state index contributed by atoms with van der Waals surface area (Å²) in [5, 5.41) is 35.1. The number of fused-ring (bicyclic) bond motifs is 6. The van der Waals surface area contributed by atoms with Gasteiger partial charge in [-0.05, 0) is 128 Å². The molecule has 5 heterocycles. The average Bonchev–Trinajstić information content (AvgIpc) is 1.68. The van der Waals surface area contributed by atoms with Crippen molar-refractivity contribution in [1.82, 2.24) is 46.4 Å². The molecular weight excluding hydrogens is 1300 g/mol. The van der Waals surface area contributed by atoms with Crippen LogP contribution in [0.5, 0.6) is 5.75 Å². The number of unbranched alkanes of at least 4 members (excludes halogenated alkanes) is 1. The number of hydrogen-bond acceptors (Lipinski definition) is 16. The number of thioether (sulfide) groups is 2. The molecule has 23 nitrogen and oxygen atoms in total. The van der Waals surface area contributed by atoms with Gasteiger partial charge in [-0.2, -0.15) is 23.5 Å². The van der Waals surface area contributed by atoms with Crippen molar-refractivity contribution >= 4 is 104 Å². The van der Waals surface area contributed by atoms with E-state index in [1.54, 1.807) is 0 Å². The number of aromatic nitrogens is 2. The van der Waals surface area contributed by atoms with Crippen molar-refractivity contribution in [2.75, 3.05) is 31.1 Å². The first-order chi connectivity index (χ1) is 46.5. The van der Waals surface area contributed by atoms with E-state index in [1.807, 2.05) is 24.3 Å². The van der Waals surface area contributed by atoms with E-state index in [1.165, 1.54) is 108 Å². The van der Waals surface area contributed by atoms with E-state index in [0.29, 0.717) is 81.6 Å². The SMILES string of the molecule is C[C@H](O)[C@@H]1NC(=O)[C@@H]2C[C@@H](F)CN2[C@@H](Cc2c[nH]c3ccc(F)cc23)C(=O)NC(=O)[C@H](Cc2c[nH]c3ccc(F)cc23)NC(=O)CCC(=O)[C@H](CCCCN)NC(=O)CCSCc2cccc(c2)CSC[C@@H](C(N)=O)CC(=O)[C@@H]2CCCN2C(=O)[C@H](Cc2ccc(O)cc2)NC1=O. The number of aliphatic hydroxyl groups excluding tert-OH is 1. The number of aliphatic hydroxyl groups is 1. The smallest absolute Gasteiger partial charge is 0.249 e. The van der Waals surface area contributed by atoms with E-state index in [4.69, 9.17) is 11.5 Å². The number of halogens is 3. The van der Waals surface area contributed by atoms with Gasteiger partial charge in [0.1, 0.15) is 41.7 Å². The Balaban J connectivity index is 1.04. The molecule has 6 aromatic rings. The number of imide groups is 1. The summed E-state index contributed by atoms with van der Waals surface area (Å²) >= 11 is 2.88. The average molecular weight is 1380 g/mol. The summed E-state index contributed by atoms with van der Waals surface area (Å²) in [6.45, 7) is 0.982. The molecule has 2 bridgehead atoms. The number of benzene rings is 4. The number of nitrogens with two attached hydrogens (primary N) is 2. The van der Waals surface area contributed by atoms with Crippen LogP contribution in [0.1, 0.15) is 98.9 Å². The molecule has 10 atom stereocenters. The molecule has 518 valence electrons. The molecule has 0 saturated carbocycles. The molecule has 2 aromatic heterocycles. The third kappa shape index (κ3) is 19.6. The number of aromatic amines is 2. The molecule has 3 aliphatic rings. The van der Waals surface area contributed by atoms with Crippen molar-refractivity contribution in [2.24, 2.45) is 17.4 Å². The second-order valence-corrected chi connectivity index (χ2v) is 27.2. The van der Waals surface area contributed by atoms with Crippen LogP contribution in [0.2, 0.25) is 0 Å². The number of carbonyl (C=O) groups is 10. The number of rotatable bonds is 12. The predicted molar refractivity (Wildman–Crippen MR) is 360 cm³/mol. The molecule has 4 aromatic carbocycles. The lowest BCUT2D eigenvalue weighted by Crippen LogP contribution is -2.61. The van der Waals surface area contributed by atoms with Gasteiger partial charge in [0.25, 0.3) is 0 Å². The number of aromatic hydroxyl groups is 1. The van der Waals surface area contributed by atoms with Crippen LogP contribution < -0.4 is 38.1 Å². The molecule has 0 unspecified atom stereocenters. The number of amides is 8. The Morgan fingerprint density at radius 2 is 1.34 bits per heavy atom. The zero-order valence-corrected chi connectivity index (χ0v) is 55.3. The number of hydrogen-bond donors (Lipinski definition) is 11. The van der Waals surface area contributed by atoms with Gasteiger partial charge >= 0.3 is 0 Å². The summed E-state index contributed by atoms with van der Waals surface area (Å²) in [5.74, 6) is -8.67. The summed E-state index contributed by atoms with van der Waals surface area (Å²) in [6, 6.07) is 11.0. The Morgan fingerprint density at radius 3 is 2.00 bits per heavy atom. The number of alkyl halides is 1. The quantitative estimate of drug-likeness (QED) is 0.0593. The van der Waals surface area contributed by atoms with E-state index in [2.05, 4.69) is 36.6 Å². The van der Waals surface area contributed by atoms with Gasteiger partial charge in [0.05, 0.1) is 36.2 Å². The van der Waals surface area contributed by atoms with E-state index >= 15 is 9.18 Å². The highest BCUT2D eigenvalue weighted by Crippen LogP contribution is 2.31. The van der Waals surface area contributed by atoms with Gasteiger partial charge < -0.3 is 57.8 Å². The van der Waals surface area contributed by atoms with Gasteiger partial charge in [0, 0.05) is 115 Å². The van der Waals surface area contributed by atoms with Gasteiger partial charge in [-0.3, -0.25) is 58.2 Å². The minimum Gasteiger partial charge on any atom is -0.508 e. The second kappa shape index (κ2) is 34.1. The molecule has 8 amide bonds. The normalized spacial score (nSPS) is 24.6. The van der Waals surface area contributed by atoms with Crippen molar-refractivity contribution in [3.05, 3.63) is 137 Å². The van der Waals surface area contributed by atoms with Crippen molar-refractivity contribution in [1.29, 1.82) is 0 Å². The highest BCUT2D eigenvalue weighted by atomic mass is 32.2. The lowest BCUT2D eigenvalue weighted by molar-refractivity contribution is -0.142. The van der Waals surface area contributed by atoms with Crippen LogP contribution >= 0.6 is 23.5 Å². The Bertz CT molecular complexity index is 3850. The number of nitrogens with one attached hydrogen (secondary N) is 7. The van der Waals surface area contributed by atoms with Crippen molar-refractivity contribution in [3.8, 4) is 5.75 Å². The molecule has 97 heavy (non-hydrogen) atoms. The number of Topliss-reactive ketones (excluding diaryl/α,β-unsaturated/α-hetero) is 2. The molecule has 0 radical (unpaired) electrons. The van der Waals surface area contributed by atoms with E-state index in [-0.39, 0.29) is 63.0 Å². The van der Waals surface area contributed by atoms with Crippen LogP contribution in [0.3, 0.4) is 0 Å². The summed E-state index contributed by atoms with van der Waals surface area (Å²) in [4.78, 5) is 152. The number of phenols is 1. The first kappa shape index (κ1) is 72.7. The molecule has 9 rings (SSSR count). The van der Waals surface area contributed by atoms with Crippen LogP contribution in [0, 0.1) is 17.6 Å². The van der Waals surface area contributed by atoms with Gasteiger partial charge in [0.15, 0.2) is 11.6 Å². The van der Waals surface area contributed by atoms with Crippen molar-refractivity contribution in [2.45, 2.75) is 156 Å². The molecule has 0 aliphatic carbocycles. The largest absolute Gasteiger partial charge is 0.508 e. The Morgan fingerprint density at radius 1 is 0.691 bits per heavy atom. The Labute approximate surface area is 566 Å². The number of phenolic OH excluding ortho intramolecular Hbond substituents is 1. The Kier molecular flexibility index (Phi) is 25.5. The molecular formula is C69H82F3N11O12S2. The number of carbonyl (C=O) groups excluding carboxylic acids is 10.